The molecule has 282 valence electrons. The minimum Gasteiger partial charge on any atom is -0.462 e. The van der Waals surface area contributed by atoms with Gasteiger partial charge in [0.15, 0.2) is 24.7 Å². The van der Waals surface area contributed by atoms with Gasteiger partial charge < -0.3 is 33.9 Å². The lowest BCUT2D eigenvalue weighted by Crippen LogP contribution is -2.47. The second-order valence-corrected chi connectivity index (χ2v) is 13.7. The first-order chi connectivity index (χ1) is 24.6. The van der Waals surface area contributed by atoms with Gasteiger partial charge in [0.25, 0.3) is 5.56 Å². The average molecular weight is 751 g/mol. The van der Waals surface area contributed by atoms with Crippen LogP contribution >= 0.6 is 7.75 Å². The highest BCUT2D eigenvalue weighted by Crippen LogP contribution is 2.47. The Labute approximate surface area is 297 Å². The second kappa shape index (κ2) is 17.1. The Hall–Kier alpha value is -4.87. The molecule has 1 aliphatic rings. The maximum atomic E-state index is 16.2. The molecule has 0 saturated carbocycles. The number of methoxy groups -OCH3 is 1. The van der Waals surface area contributed by atoms with Gasteiger partial charge in [0, 0.05) is 12.3 Å². The van der Waals surface area contributed by atoms with E-state index in [0.29, 0.717) is 14.7 Å². The maximum Gasteiger partial charge on any atom is 0.459 e. The zero-order valence-electron chi connectivity index (χ0n) is 28.9. The van der Waals surface area contributed by atoms with Gasteiger partial charge in [-0.1, -0.05) is 48.5 Å². The fourth-order valence-electron chi connectivity index (χ4n) is 5.00. The Morgan fingerprint density at radius 3 is 2.27 bits per heavy atom. The van der Waals surface area contributed by atoms with Crippen molar-refractivity contribution in [2.24, 2.45) is 0 Å². The van der Waals surface area contributed by atoms with Gasteiger partial charge in [-0.2, -0.15) is 5.09 Å². The van der Waals surface area contributed by atoms with Crippen molar-refractivity contribution in [3.8, 4) is 5.75 Å². The third kappa shape index (κ3) is 9.71. The average Bonchev–Trinajstić information content (AvgIpc) is 3.33. The van der Waals surface area contributed by atoms with Crippen LogP contribution in [0.2, 0.25) is 0 Å². The van der Waals surface area contributed by atoms with Crippen molar-refractivity contribution >= 4 is 25.8 Å². The Morgan fingerprint density at radius 1 is 1.02 bits per heavy atom. The monoisotopic (exact) mass is 750 g/mol. The number of aliphatic hydroxyl groups excluding tert-OH is 1. The molecule has 52 heavy (non-hydrogen) atoms. The highest BCUT2D eigenvalue weighted by molar-refractivity contribution is 7.52. The molecule has 19 heteroatoms. The van der Waals surface area contributed by atoms with E-state index < -0.39 is 92.7 Å². The number of aliphatic hydroxyl groups is 1. The smallest absolute Gasteiger partial charge is 0.459 e. The van der Waals surface area contributed by atoms with Crippen LogP contribution in [0.5, 0.6) is 5.75 Å². The van der Waals surface area contributed by atoms with E-state index in [2.05, 4.69) is 15.1 Å². The van der Waals surface area contributed by atoms with E-state index in [4.69, 9.17) is 23.3 Å². The number of nitrogens with one attached hydrogen (secondary N) is 2. The van der Waals surface area contributed by atoms with E-state index in [0.717, 1.165) is 26.3 Å². The number of rotatable bonds is 15. The van der Waals surface area contributed by atoms with Gasteiger partial charge in [0.05, 0.1) is 19.8 Å². The van der Waals surface area contributed by atoms with Gasteiger partial charge in [-0.15, -0.1) is 0 Å². The van der Waals surface area contributed by atoms with Crippen LogP contribution in [0.4, 0.5) is 9.18 Å². The fourth-order valence-corrected chi connectivity index (χ4v) is 6.50. The van der Waals surface area contributed by atoms with E-state index in [1.54, 1.807) is 50.2 Å². The van der Waals surface area contributed by atoms with Crippen LogP contribution in [0.1, 0.15) is 45.5 Å². The van der Waals surface area contributed by atoms with Gasteiger partial charge in [0.2, 0.25) is 0 Å². The summed E-state index contributed by atoms with van der Waals surface area (Å²) in [6.07, 6.45) is -5.91. The van der Waals surface area contributed by atoms with Crippen molar-refractivity contribution in [3.05, 3.63) is 99.3 Å². The maximum absolute atomic E-state index is 16.2. The molecular formula is C33H40FN4O13P. The third-order valence-corrected chi connectivity index (χ3v) is 9.30. The van der Waals surface area contributed by atoms with Gasteiger partial charge in [-0.3, -0.25) is 18.7 Å². The lowest BCUT2D eigenvalue weighted by molar-refractivity contribution is -0.150. The zero-order valence-corrected chi connectivity index (χ0v) is 29.8. The number of carbonyl (C=O) groups excluding carboxylic acids is 3. The highest BCUT2D eigenvalue weighted by atomic mass is 31.2. The number of para-hydroxylation sites is 1. The highest BCUT2D eigenvalue weighted by Gasteiger charge is 2.56. The summed E-state index contributed by atoms with van der Waals surface area (Å²) < 4.78 is 63.0. The van der Waals surface area contributed by atoms with Crippen molar-refractivity contribution < 1.29 is 56.4 Å². The lowest BCUT2D eigenvalue weighted by atomic mass is 9.98. The molecule has 7 atom stereocenters. The number of aromatic nitrogens is 2. The number of benzene rings is 2. The summed E-state index contributed by atoms with van der Waals surface area (Å²) in [7, 11) is -3.36. The molecule has 0 aliphatic carbocycles. The van der Waals surface area contributed by atoms with E-state index in [-0.39, 0.29) is 5.75 Å². The summed E-state index contributed by atoms with van der Waals surface area (Å²) in [5, 5.41) is 15.7. The molecule has 2 heterocycles. The zero-order chi connectivity index (χ0) is 38.2. The van der Waals surface area contributed by atoms with Crippen LogP contribution in [0.3, 0.4) is 0 Å². The Kier molecular flexibility index (Phi) is 13.1. The molecule has 1 fully saturated rings. The van der Waals surface area contributed by atoms with Crippen molar-refractivity contribution in [2.45, 2.75) is 76.7 Å². The molecule has 3 N–H and O–H groups in total. The second-order valence-electron chi connectivity index (χ2n) is 12.0. The van der Waals surface area contributed by atoms with Gasteiger partial charge in [-0.05, 0) is 45.4 Å². The first-order valence-corrected chi connectivity index (χ1v) is 17.5. The number of alkyl carbamates (subject to hydrolysis) is 1. The topological polar surface area (TPSA) is 212 Å². The van der Waals surface area contributed by atoms with E-state index in [1.807, 2.05) is 0 Å². The summed E-state index contributed by atoms with van der Waals surface area (Å²) >= 11 is 0. The molecule has 2 aromatic carbocycles. The number of carbonyl (C=O) groups is 3. The van der Waals surface area contributed by atoms with Crippen molar-refractivity contribution in [3.63, 3.8) is 0 Å². The molecule has 0 bridgehead atoms. The first kappa shape index (κ1) is 39.9. The van der Waals surface area contributed by atoms with Crippen LogP contribution in [0.15, 0.2) is 82.5 Å². The SMILES string of the molecule is COC(=O)N[C@H](C(=O)OCn1c(=O)ccn([C@@H]2O[C@H](COP(=O)(N[C@@H](C)C(=O)OC(C)C)Oc3ccccc3)[C@@H](O)[C@@]2(C)F)c1=O)c1ccccc1. The summed E-state index contributed by atoms with van der Waals surface area (Å²) in [5.74, 6) is -1.73. The predicted octanol–water partition coefficient (Wildman–Crippen LogP) is 2.73. The molecule has 1 unspecified atom stereocenters. The number of hydrogen-bond donors (Lipinski definition) is 3. The number of esters is 2. The molecule has 1 saturated heterocycles. The summed E-state index contributed by atoms with van der Waals surface area (Å²) in [5.41, 5.74) is -4.51. The molecule has 3 aromatic rings. The lowest BCUT2D eigenvalue weighted by Gasteiger charge is -2.26. The molecule has 0 radical (unpaired) electrons. The van der Waals surface area contributed by atoms with Gasteiger partial charge >= 0.3 is 31.5 Å². The molecule has 0 spiro atoms. The third-order valence-electron chi connectivity index (χ3n) is 7.65. The predicted molar refractivity (Wildman–Crippen MR) is 180 cm³/mol. The molecular weight excluding hydrogens is 710 g/mol. The fraction of sp³-hybridized carbons (Fsp3) is 0.424. The number of amides is 1. The normalized spacial score (nSPS) is 22.1. The van der Waals surface area contributed by atoms with Crippen LogP contribution in [-0.4, -0.2) is 76.0 Å². The van der Waals surface area contributed by atoms with Crippen LogP contribution in [-0.2, 0) is 44.4 Å². The number of ether oxygens (including phenoxy) is 4. The summed E-state index contributed by atoms with van der Waals surface area (Å²) in [6, 6.07) is 14.1. The van der Waals surface area contributed by atoms with Gasteiger partial charge in [0.1, 0.15) is 24.0 Å². The molecule has 1 aromatic heterocycles. The van der Waals surface area contributed by atoms with E-state index >= 15 is 4.39 Å². The molecule has 1 aliphatic heterocycles. The summed E-state index contributed by atoms with van der Waals surface area (Å²) in [4.78, 5) is 63.6. The van der Waals surface area contributed by atoms with E-state index in [1.165, 1.54) is 31.2 Å². The molecule has 4 rings (SSSR count). The Balaban J connectivity index is 1.53. The first-order valence-electron chi connectivity index (χ1n) is 15.9. The standard InChI is InChI=1S/C33H40FN4O13P/c1-20(2)49-28(41)21(3)36-52(45,51-23-14-10-7-11-15-23)48-18-24-27(40)33(4,34)30(50-24)37-17-16-25(39)38(32(37)44)19-47-29(42)26(35-31(43)46-5)22-12-8-6-9-13-22/h6-17,20-21,24,26-27,30,40H,18-19H2,1-5H3,(H,35,43)(H,36,45)/t21-,24+,26-,27+,30+,33+,52?/m0/s1. The largest absolute Gasteiger partial charge is 0.462 e. The Bertz CT molecular complexity index is 1870. The van der Waals surface area contributed by atoms with Crippen LogP contribution < -0.4 is 26.2 Å². The molecule has 17 nitrogen and oxygen atoms in total. The number of halogens is 1. The summed E-state index contributed by atoms with van der Waals surface area (Å²) in [6.45, 7) is 3.84. The number of hydrogen-bond acceptors (Lipinski definition) is 13. The van der Waals surface area contributed by atoms with Gasteiger partial charge in [-0.25, -0.2) is 27.9 Å². The van der Waals surface area contributed by atoms with Crippen molar-refractivity contribution in [1.29, 1.82) is 0 Å². The van der Waals surface area contributed by atoms with E-state index in [9.17, 15) is 33.6 Å². The Morgan fingerprint density at radius 2 is 1.65 bits per heavy atom. The minimum atomic E-state index is -4.45. The van der Waals surface area contributed by atoms with Crippen molar-refractivity contribution in [2.75, 3.05) is 13.7 Å². The van der Waals surface area contributed by atoms with Crippen LogP contribution in [0, 0.1) is 0 Å². The van der Waals surface area contributed by atoms with Crippen LogP contribution in [0.25, 0.3) is 0 Å². The minimum absolute atomic E-state index is 0.0922. The number of alkyl halides is 1. The van der Waals surface area contributed by atoms with Crippen molar-refractivity contribution in [1.82, 2.24) is 19.5 Å². The number of nitrogens with zero attached hydrogens (tertiary/aromatic N) is 2. The quantitative estimate of drug-likeness (QED) is 0.116. The molecule has 1 amide bonds.